The Balaban J connectivity index is 1.81. The van der Waals surface area contributed by atoms with Gasteiger partial charge in [0.25, 0.3) is 0 Å². The molecule has 2 heterocycles. The molecule has 5 rings (SSSR count). The first kappa shape index (κ1) is 16.9. The molecule has 3 nitrogen and oxygen atoms in total. The lowest BCUT2D eigenvalue weighted by molar-refractivity contribution is 0.547. The second kappa shape index (κ2) is 6.73. The smallest absolute Gasteiger partial charge is 0.230 e. The van der Waals surface area contributed by atoms with Crippen LogP contribution in [-0.4, -0.2) is 4.98 Å². The first-order valence-corrected chi connectivity index (χ1v) is 10.00. The largest absolute Gasteiger partial charge is 0.438 e. The summed E-state index contributed by atoms with van der Waals surface area (Å²) in [6.45, 7) is 4.16. The van der Waals surface area contributed by atoms with Crippen molar-refractivity contribution in [3.63, 3.8) is 0 Å². The number of thiazole rings is 1. The summed E-state index contributed by atoms with van der Waals surface area (Å²) in [6, 6.07) is 24.6. The van der Waals surface area contributed by atoms with Crippen LogP contribution in [0.15, 0.2) is 82.2 Å². The molecule has 0 aliphatic carbocycles. The average Bonchev–Trinajstić information content (AvgIpc) is 3.13. The van der Waals surface area contributed by atoms with Crippen molar-refractivity contribution in [3.05, 3.63) is 89.5 Å². The molecule has 4 heteroatoms. The maximum absolute atomic E-state index is 6.23. The number of rotatable bonds is 2. The van der Waals surface area contributed by atoms with Gasteiger partial charge >= 0.3 is 0 Å². The summed E-state index contributed by atoms with van der Waals surface area (Å²) in [6.07, 6.45) is 0. The molecule has 0 fully saturated rings. The van der Waals surface area contributed by atoms with Crippen molar-refractivity contribution in [1.29, 1.82) is 0 Å². The summed E-state index contributed by atoms with van der Waals surface area (Å²) in [5.41, 5.74) is 6.57. The Morgan fingerprint density at radius 3 is 2.57 bits per heavy atom. The second-order valence-electron chi connectivity index (χ2n) is 6.89. The molecule has 0 radical (unpaired) electrons. The molecule has 0 amide bonds. The zero-order valence-electron chi connectivity index (χ0n) is 15.6. The van der Waals surface area contributed by atoms with E-state index in [-0.39, 0.29) is 0 Å². The Morgan fingerprint density at radius 2 is 1.71 bits per heavy atom. The Hall–Kier alpha value is -3.24. The minimum atomic E-state index is 0.588. The maximum atomic E-state index is 6.23. The summed E-state index contributed by atoms with van der Waals surface area (Å²) in [7, 11) is 0. The fourth-order valence-corrected chi connectivity index (χ4v) is 4.31. The van der Waals surface area contributed by atoms with E-state index in [1.54, 1.807) is 11.3 Å². The Morgan fingerprint density at radius 1 is 0.893 bits per heavy atom. The number of benzene rings is 3. The zero-order chi connectivity index (χ0) is 19.1. The average molecular weight is 382 g/mol. The van der Waals surface area contributed by atoms with Crippen molar-refractivity contribution in [3.8, 4) is 10.6 Å². The molecule has 0 saturated carbocycles. The van der Waals surface area contributed by atoms with Crippen molar-refractivity contribution < 1.29 is 4.42 Å². The molecular formula is C24H18N2OS. The standard InChI is InChI=1S/C24H18N2OS/c1-15-11-12-19(16(2)13-15)25-23-18(14-17-7-3-5-9-21(17)27-23)24-26-20-8-4-6-10-22(20)28-24/h3-14H,1-2H3. The molecule has 0 spiro atoms. The van der Waals surface area contributed by atoms with Gasteiger partial charge in [-0.15, -0.1) is 11.3 Å². The summed E-state index contributed by atoms with van der Waals surface area (Å²) in [5, 5.41) is 1.95. The normalized spacial score (nSPS) is 12.1. The topological polar surface area (TPSA) is 38.4 Å². The van der Waals surface area contributed by atoms with Gasteiger partial charge < -0.3 is 4.42 Å². The van der Waals surface area contributed by atoms with Gasteiger partial charge in [-0.3, -0.25) is 0 Å². The third kappa shape index (κ3) is 3.02. The fourth-order valence-electron chi connectivity index (χ4n) is 3.33. The van der Waals surface area contributed by atoms with Crippen molar-refractivity contribution in [2.75, 3.05) is 0 Å². The summed E-state index contributed by atoms with van der Waals surface area (Å²) in [5.74, 6) is 0. The highest BCUT2D eigenvalue weighted by Gasteiger charge is 2.12. The van der Waals surface area contributed by atoms with Gasteiger partial charge in [-0.1, -0.05) is 48.0 Å². The highest BCUT2D eigenvalue weighted by Crippen LogP contribution is 2.30. The molecule has 0 atom stereocenters. The van der Waals surface area contributed by atoms with E-state index in [4.69, 9.17) is 14.4 Å². The molecule has 3 aromatic carbocycles. The monoisotopic (exact) mass is 382 g/mol. The zero-order valence-corrected chi connectivity index (χ0v) is 16.5. The number of fused-ring (bicyclic) bond motifs is 2. The predicted molar refractivity (Wildman–Crippen MR) is 116 cm³/mol. The molecular weight excluding hydrogens is 364 g/mol. The molecule has 2 aromatic heterocycles. The molecule has 0 saturated heterocycles. The molecule has 0 aliphatic rings. The summed E-state index contributed by atoms with van der Waals surface area (Å²) < 4.78 is 7.39. The number of hydrogen-bond acceptors (Lipinski definition) is 4. The van der Waals surface area contributed by atoms with E-state index in [1.807, 2.05) is 42.5 Å². The third-order valence-electron chi connectivity index (χ3n) is 4.75. The quantitative estimate of drug-likeness (QED) is 0.347. The molecule has 136 valence electrons. The SMILES string of the molecule is Cc1ccc(N=c2oc3ccccc3cc2-c2nc3ccccc3s2)c(C)c1. The van der Waals surface area contributed by atoms with Crippen LogP contribution in [0.4, 0.5) is 5.69 Å². The van der Waals surface area contributed by atoms with Crippen LogP contribution in [0.25, 0.3) is 31.8 Å². The van der Waals surface area contributed by atoms with E-state index in [0.29, 0.717) is 5.55 Å². The van der Waals surface area contributed by atoms with Crippen molar-refractivity contribution >= 4 is 38.2 Å². The molecule has 0 aliphatic heterocycles. The minimum Gasteiger partial charge on any atom is -0.438 e. The van der Waals surface area contributed by atoms with Crippen LogP contribution in [0.3, 0.4) is 0 Å². The van der Waals surface area contributed by atoms with Crippen LogP contribution in [-0.2, 0) is 0 Å². The number of hydrogen-bond donors (Lipinski definition) is 0. The van der Waals surface area contributed by atoms with Crippen molar-refractivity contribution in [1.82, 2.24) is 4.98 Å². The van der Waals surface area contributed by atoms with Crippen LogP contribution in [0.1, 0.15) is 11.1 Å². The first-order valence-electron chi connectivity index (χ1n) is 9.18. The third-order valence-corrected chi connectivity index (χ3v) is 5.82. The van der Waals surface area contributed by atoms with Crippen LogP contribution < -0.4 is 5.55 Å². The molecule has 0 bridgehead atoms. The lowest BCUT2D eigenvalue weighted by Crippen LogP contribution is -2.05. The maximum Gasteiger partial charge on any atom is 0.230 e. The first-order chi connectivity index (χ1) is 13.7. The van der Waals surface area contributed by atoms with Crippen LogP contribution in [0.5, 0.6) is 0 Å². The molecule has 0 N–H and O–H groups in total. The van der Waals surface area contributed by atoms with E-state index in [9.17, 15) is 0 Å². The van der Waals surface area contributed by atoms with Crippen molar-refractivity contribution in [2.45, 2.75) is 13.8 Å². The van der Waals surface area contributed by atoms with E-state index in [0.717, 1.165) is 43.0 Å². The number of aromatic nitrogens is 1. The van der Waals surface area contributed by atoms with Crippen LogP contribution in [0, 0.1) is 13.8 Å². The van der Waals surface area contributed by atoms with Gasteiger partial charge in [-0.2, -0.15) is 0 Å². The number of para-hydroxylation sites is 2. The second-order valence-corrected chi connectivity index (χ2v) is 7.92. The van der Waals surface area contributed by atoms with Gasteiger partial charge in [0.2, 0.25) is 5.55 Å². The molecule has 0 unspecified atom stereocenters. The lowest BCUT2D eigenvalue weighted by atomic mass is 10.1. The Labute approximate surface area is 166 Å². The van der Waals surface area contributed by atoms with Gasteiger partial charge in [-0.05, 0) is 49.7 Å². The number of nitrogens with zero attached hydrogens (tertiary/aromatic N) is 2. The number of aryl methyl sites for hydroxylation is 2. The molecule has 28 heavy (non-hydrogen) atoms. The van der Waals surface area contributed by atoms with Gasteiger partial charge in [0.15, 0.2) is 0 Å². The van der Waals surface area contributed by atoms with E-state index in [1.165, 1.54) is 5.56 Å². The van der Waals surface area contributed by atoms with Gasteiger partial charge in [0, 0.05) is 5.39 Å². The molecule has 5 aromatic rings. The Bertz CT molecular complexity index is 1360. The van der Waals surface area contributed by atoms with Gasteiger partial charge in [-0.25, -0.2) is 9.98 Å². The Kier molecular flexibility index (Phi) is 4.06. The van der Waals surface area contributed by atoms with E-state index >= 15 is 0 Å². The van der Waals surface area contributed by atoms with E-state index in [2.05, 4.69) is 44.2 Å². The van der Waals surface area contributed by atoms with Gasteiger partial charge in [0.1, 0.15) is 10.6 Å². The highest BCUT2D eigenvalue weighted by atomic mass is 32.1. The summed E-state index contributed by atoms with van der Waals surface area (Å²) >= 11 is 1.66. The van der Waals surface area contributed by atoms with E-state index < -0.39 is 0 Å². The van der Waals surface area contributed by atoms with Crippen LogP contribution in [0.2, 0.25) is 0 Å². The summed E-state index contributed by atoms with van der Waals surface area (Å²) in [4.78, 5) is 9.71. The van der Waals surface area contributed by atoms with Crippen molar-refractivity contribution in [2.24, 2.45) is 4.99 Å². The minimum absolute atomic E-state index is 0.588. The van der Waals surface area contributed by atoms with Crippen LogP contribution >= 0.6 is 11.3 Å². The predicted octanol–water partition coefficient (Wildman–Crippen LogP) is 6.56. The van der Waals surface area contributed by atoms with Gasteiger partial charge in [0.05, 0.1) is 21.5 Å². The highest BCUT2D eigenvalue weighted by molar-refractivity contribution is 7.21. The fraction of sp³-hybridized carbons (Fsp3) is 0.0833. The lowest BCUT2D eigenvalue weighted by Gasteiger charge is -2.04.